The largest absolute Gasteiger partial charge is 0.464 e. The summed E-state index contributed by atoms with van der Waals surface area (Å²) in [6.07, 6.45) is 2.24. The van der Waals surface area contributed by atoms with Gasteiger partial charge in [0.2, 0.25) is 6.23 Å². The molecular weight excluding hydrogens is 380 g/mol. The topological polar surface area (TPSA) is 38.0 Å². The molecule has 2 atom stereocenters. The van der Waals surface area contributed by atoms with Crippen molar-refractivity contribution in [2.45, 2.75) is 18.7 Å². The zero-order valence-corrected chi connectivity index (χ0v) is 14.9. The summed E-state index contributed by atoms with van der Waals surface area (Å²) in [7, 11) is 0. The van der Waals surface area contributed by atoms with Crippen molar-refractivity contribution in [2.24, 2.45) is 5.10 Å². The predicted molar refractivity (Wildman–Crippen MR) is 98.4 cm³/mol. The lowest BCUT2D eigenvalue weighted by Crippen LogP contribution is -2.33. The molecule has 5 heteroatoms. The molecule has 0 amide bonds. The molecule has 0 saturated carbocycles. The molecule has 2 aromatic carbocycles. The summed E-state index contributed by atoms with van der Waals surface area (Å²) in [6, 6.07) is 20.4. The Morgan fingerprint density at radius 1 is 1.00 bits per heavy atom. The second kappa shape index (κ2) is 5.77. The monoisotopic (exact) mass is 394 g/mol. The molecule has 25 heavy (non-hydrogen) atoms. The van der Waals surface area contributed by atoms with Crippen LogP contribution in [0.4, 0.5) is 0 Å². The van der Waals surface area contributed by atoms with Gasteiger partial charge in [0.05, 0.1) is 12.3 Å². The van der Waals surface area contributed by atoms with Gasteiger partial charge in [-0.25, -0.2) is 5.01 Å². The first kappa shape index (κ1) is 14.8. The normalized spacial score (nSPS) is 21.3. The van der Waals surface area contributed by atoms with E-state index < -0.39 is 0 Å². The lowest BCUT2D eigenvalue weighted by Gasteiger charge is -2.38. The maximum atomic E-state index is 6.31. The smallest absolute Gasteiger partial charge is 0.213 e. The molecule has 1 aromatic heterocycles. The highest BCUT2D eigenvalue weighted by Gasteiger charge is 2.41. The number of hydrogen-bond donors (Lipinski definition) is 0. The van der Waals surface area contributed by atoms with Gasteiger partial charge < -0.3 is 9.15 Å². The molecule has 0 aliphatic carbocycles. The minimum Gasteiger partial charge on any atom is -0.464 e. The third-order valence-electron chi connectivity index (χ3n) is 4.66. The van der Waals surface area contributed by atoms with Crippen molar-refractivity contribution in [1.82, 2.24) is 5.01 Å². The predicted octanol–water partition coefficient (Wildman–Crippen LogP) is 5.28. The fraction of sp³-hybridized carbons (Fsp3) is 0.150. The number of halogens is 1. The molecular formula is C20H15BrN2O2. The lowest BCUT2D eigenvalue weighted by atomic mass is 9.97. The van der Waals surface area contributed by atoms with Gasteiger partial charge in [-0.1, -0.05) is 46.3 Å². The van der Waals surface area contributed by atoms with Crippen molar-refractivity contribution in [3.63, 3.8) is 0 Å². The van der Waals surface area contributed by atoms with Crippen molar-refractivity contribution in [3.05, 3.63) is 88.3 Å². The van der Waals surface area contributed by atoms with Gasteiger partial charge in [0.15, 0.2) is 0 Å². The van der Waals surface area contributed by atoms with Crippen LogP contribution in [0.2, 0.25) is 0 Å². The summed E-state index contributed by atoms with van der Waals surface area (Å²) in [4.78, 5) is 0. The van der Waals surface area contributed by atoms with Crippen LogP contribution in [0, 0.1) is 0 Å². The third kappa shape index (κ3) is 2.46. The molecule has 0 spiro atoms. The highest BCUT2D eigenvalue weighted by atomic mass is 79.9. The number of benzene rings is 2. The van der Waals surface area contributed by atoms with E-state index in [1.807, 2.05) is 42.5 Å². The Kier molecular flexibility index (Phi) is 3.41. The molecule has 3 aromatic rings. The first-order chi connectivity index (χ1) is 12.3. The highest BCUT2D eigenvalue weighted by Crippen LogP contribution is 2.47. The van der Waals surface area contributed by atoms with E-state index in [1.54, 1.807) is 6.26 Å². The SMILES string of the molecule is Brc1ccc([C@@H]2Oc3ccccc3[C@@H]3CC(c4ccco4)=NN32)cc1. The van der Waals surface area contributed by atoms with Gasteiger partial charge >= 0.3 is 0 Å². The maximum Gasteiger partial charge on any atom is 0.213 e. The molecule has 2 aliphatic rings. The van der Waals surface area contributed by atoms with Gasteiger partial charge in [0.25, 0.3) is 0 Å². The molecule has 4 nitrogen and oxygen atoms in total. The van der Waals surface area contributed by atoms with Crippen LogP contribution in [0.3, 0.4) is 0 Å². The van der Waals surface area contributed by atoms with Crippen molar-refractivity contribution in [3.8, 4) is 5.75 Å². The van der Waals surface area contributed by atoms with Gasteiger partial charge in [0.1, 0.15) is 17.2 Å². The highest BCUT2D eigenvalue weighted by molar-refractivity contribution is 9.10. The molecule has 0 radical (unpaired) electrons. The molecule has 0 bridgehead atoms. The molecule has 124 valence electrons. The van der Waals surface area contributed by atoms with Crippen molar-refractivity contribution in [2.75, 3.05) is 0 Å². The van der Waals surface area contributed by atoms with E-state index >= 15 is 0 Å². The number of hydrogen-bond acceptors (Lipinski definition) is 4. The molecule has 0 N–H and O–H groups in total. The summed E-state index contributed by atoms with van der Waals surface area (Å²) in [5, 5.41) is 6.91. The van der Waals surface area contributed by atoms with Crippen LogP contribution in [0.1, 0.15) is 35.6 Å². The van der Waals surface area contributed by atoms with Crippen LogP contribution in [0.25, 0.3) is 0 Å². The quantitative estimate of drug-likeness (QED) is 0.592. The van der Waals surface area contributed by atoms with E-state index in [2.05, 4.69) is 39.1 Å². The van der Waals surface area contributed by atoms with Gasteiger partial charge in [-0.15, -0.1) is 0 Å². The Morgan fingerprint density at radius 3 is 2.64 bits per heavy atom. The summed E-state index contributed by atoms with van der Waals surface area (Å²) < 4.78 is 12.9. The average Bonchev–Trinajstić information content (AvgIpc) is 3.31. The Hall–Kier alpha value is -2.53. The van der Waals surface area contributed by atoms with Crippen molar-refractivity contribution in [1.29, 1.82) is 0 Å². The van der Waals surface area contributed by atoms with Crippen LogP contribution < -0.4 is 4.74 Å². The Balaban J connectivity index is 1.60. The van der Waals surface area contributed by atoms with Crippen LogP contribution in [0.5, 0.6) is 5.75 Å². The lowest BCUT2D eigenvalue weighted by molar-refractivity contribution is -0.0190. The Morgan fingerprint density at radius 2 is 1.84 bits per heavy atom. The fourth-order valence-electron chi connectivity index (χ4n) is 3.47. The maximum absolute atomic E-state index is 6.31. The molecule has 5 rings (SSSR count). The van der Waals surface area contributed by atoms with Gasteiger partial charge in [-0.3, -0.25) is 0 Å². The second-order valence-corrected chi connectivity index (χ2v) is 7.10. The van der Waals surface area contributed by atoms with Gasteiger partial charge in [-0.05, 0) is 30.3 Å². The summed E-state index contributed by atoms with van der Waals surface area (Å²) in [5.41, 5.74) is 3.20. The van der Waals surface area contributed by atoms with E-state index in [-0.39, 0.29) is 12.3 Å². The standard InChI is InChI=1S/C20H15BrN2O2/c21-14-9-7-13(8-10-14)20-23-17(15-4-1-2-5-18(15)25-20)12-16(22-23)19-6-3-11-24-19/h1-11,17,20H,12H2/t17-,20-/m0/s1. The molecule has 0 unspecified atom stereocenters. The van der Waals surface area contributed by atoms with Crippen LogP contribution in [0.15, 0.2) is 80.9 Å². The summed E-state index contributed by atoms with van der Waals surface area (Å²) >= 11 is 3.49. The summed E-state index contributed by atoms with van der Waals surface area (Å²) in [5.74, 6) is 1.74. The minimum absolute atomic E-state index is 0.152. The number of rotatable bonds is 2. The van der Waals surface area contributed by atoms with E-state index in [0.717, 1.165) is 33.7 Å². The van der Waals surface area contributed by atoms with Crippen molar-refractivity contribution >= 4 is 21.6 Å². The number of fused-ring (bicyclic) bond motifs is 3. The van der Waals surface area contributed by atoms with Crippen LogP contribution >= 0.6 is 15.9 Å². The number of nitrogens with zero attached hydrogens (tertiary/aromatic N) is 2. The van der Waals surface area contributed by atoms with Crippen LogP contribution in [-0.2, 0) is 0 Å². The summed E-state index contributed by atoms with van der Waals surface area (Å²) in [6.45, 7) is 0. The average molecular weight is 395 g/mol. The fourth-order valence-corrected chi connectivity index (χ4v) is 3.74. The number of furan rings is 1. The van der Waals surface area contributed by atoms with Crippen molar-refractivity contribution < 1.29 is 9.15 Å². The minimum atomic E-state index is -0.250. The first-order valence-corrected chi connectivity index (χ1v) is 8.99. The van der Waals surface area contributed by atoms with E-state index in [9.17, 15) is 0 Å². The Bertz CT molecular complexity index is 935. The Labute approximate surface area is 153 Å². The zero-order chi connectivity index (χ0) is 16.8. The molecule has 3 heterocycles. The van der Waals surface area contributed by atoms with Gasteiger partial charge in [0, 0.05) is 22.0 Å². The molecule has 2 aliphatic heterocycles. The number of para-hydroxylation sites is 1. The number of hydrazone groups is 1. The van der Waals surface area contributed by atoms with E-state index in [1.165, 1.54) is 5.56 Å². The second-order valence-electron chi connectivity index (χ2n) is 6.18. The third-order valence-corrected chi connectivity index (χ3v) is 5.19. The molecule has 0 fully saturated rings. The number of ether oxygens (including phenoxy) is 1. The van der Waals surface area contributed by atoms with E-state index in [4.69, 9.17) is 14.3 Å². The first-order valence-electron chi connectivity index (χ1n) is 8.20. The zero-order valence-electron chi connectivity index (χ0n) is 13.3. The molecule has 0 saturated heterocycles. The van der Waals surface area contributed by atoms with Crippen LogP contribution in [-0.4, -0.2) is 10.7 Å². The van der Waals surface area contributed by atoms with E-state index in [0.29, 0.717) is 0 Å². The van der Waals surface area contributed by atoms with Gasteiger partial charge in [-0.2, -0.15) is 5.10 Å².